The van der Waals surface area contributed by atoms with Crippen LogP contribution in [-0.4, -0.2) is 58.0 Å². The minimum Gasteiger partial charge on any atom is -0.494 e. The molecule has 1 unspecified atom stereocenters. The van der Waals surface area contributed by atoms with Crippen LogP contribution in [0.2, 0.25) is 0 Å². The van der Waals surface area contributed by atoms with E-state index >= 15 is 0 Å². The van der Waals surface area contributed by atoms with Crippen LogP contribution in [0.25, 0.3) is 0 Å². The molecule has 0 spiro atoms. The van der Waals surface area contributed by atoms with Crippen molar-refractivity contribution >= 4 is 0 Å². The molecule has 4 aliphatic rings. The first-order valence-corrected chi connectivity index (χ1v) is 11.0. The maximum atomic E-state index is 13.4. The van der Waals surface area contributed by atoms with Crippen LogP contribution in [0.5, 0.6) is 17.4 Å². The van der Waals surface area contributed by atoms with Gasteiger partial charge in [-0.25, -0.2) is 4.79 Å². The molecule has 1 saturated heterocycles. The van der Waals surface area contributed by atoms with Crippen LogP contribution in [0.3, 0.4) is 0 Å². The zero-order valence-corrected chi connectivity index (χ0v) is 18.6. The van der Waals surface area contributed by atoms with Gasteiger partial charge < -0.3 is 29.3 Å². The Kier molecular flexibility index (Phi) is 4.18. The Morgan fingerprint density at radius 2 is 1.91 bits per heavy atom. The predicted molar refractivity (Wildman–Crippen MR) is 115 cm³/mol. The molecule has 33 heavy (non-hydrogen) atoms. The van der Waals surface area contributed by atoms with Crippen molar-refractivity contribution in [2.24, 2.45) is 14.1 Å². The fourth-order valence-electron chi connectivity index (χ4n) is 6.40. The van der Waals surface area contributed by atoms with Gasteiger partial charge in [-0.1, -0.05) is 12.2 Å². The van der Waals surface area contributed by atoms with Gasteiger partial charge in [-0.2, -0.15) is 0 Å². The molecule has 3 N–H and O–H groups in total. The summed E-state index contributed by atoms with van der Waals surface area (Å²) in [5.74, 6) is 0.773. The molecule has 2 aromatic rings. The van der Waals surface area contributed by atoms with Crippen LogP contribution in [0.4, 0.5) is 0 Å². The van der Waals surface area contributed by atoms with Crippen molar-refractivity contribution in [1.29, 1.82) is 0 Å². The molecule has 0 amide bonds. The van der Waals surface area contributed by atoms with Crippen molar-refractivity contribution in [3.63, 3.8) is 0 Å². The number of nitrogens with zero attached hydrogens (tertiary/aromatic N) is 2. The van der Waals surface area contributed by atoms with E-state index in [0.717, 1.165) is 25.2 Å². The number of hydrogen-bond acceptors (Lipinski definition) is 7. The van der Waals surface area contributed by atoms with E-state index in [1.807, 2.05) is 24.3 Å². The van der Waals surface area contributed by atoms with Crippen LogP contribution in [-0.2, 0) is 24.2 Å². The highest BCUT2D eigenvalue weighted by Gasteiger charge is 2.65. The third-order valence-corrected chi connectivity index (χ3v) is 8.01. The van der Waals surface area contributed by atoms with Crippen LogP contribution < -0.4 is 25.6 Å². The molecule has 10 nitrogen and oxygen atoms in total. The Morgan fingerprint density at radius 3 is 2.64 bits per heavy atom. The molecule has 6 atom stereocenters. The van der Waals surface area contributed by atoms with Crippen LogP contribution in [0, 0.1) is 0 Å². The van der Waals surface area contributed by atoms with Gasteiger partial charge in [0, 0.05) is 33.2 Å². The fourth-order valence-corrected chi connectivity index (χ4v) is 6.40. The Hall–Kier alpha value is -3.08. The van der Waals surface area contributed by atoms with Crippen molar-refractivity contribution < 1.29 is 29.3 Å². The van der Waals surface area contributed by atoms with E-state index in [9.17, 15) is 19.8 Å². The van der Waals surface area contributed by atoms with Gasteiger partial charge in [0.15, 0.2) is 17.5 Å². The molecule has 174 valence electrons. The lowest BCUT2D eigenvalue weighted by Gasteiger charge is -2.46. The fraction of sp³-hybridized carbons (Fsp3) is 0.478. The molecule has 0 radical (unpaired) electrons. The van der Waals surface area contributed by atoms with Gasteiger partial charge in [-0.05, 0) is 17.7 Å². The first-order chi connectivity index (χ1) is 15.8. The number of aromatic hydroxyl groups is 1. The quantitative estimate of drug-likeness (QED) is 0.469. The second kappa shape index (κ2) is 6.72. The molecule has 1 aromatic heterocycles. The highest BCUT2D eigenvalue weighted by Crippen LogP contribution is 2.51. The van der Waals surface area contributed by atoms with Gasteiger partial charge in [-0.3, -0.25) is 13.9 Å². The minimum absolute atomic E-state index is 0.0902. The van der Waals surface area contributed by atoms with Crippen molar-refractivity contribution in [3.05, 3.63) is 61.8 Å². The van der Waals surface area contributed by atoms with Gasteiger partial charge in [0.2, 0.25) is 12.7 Å². The summed E-state index contributed by atoms with van der Waals surface area (Å²) in [6.07, 6.45) is 3.81. The summed E-state index contributed by atoms with van der Waals surface area (Å²) < 4.78 is 19.0. The van der Waals surface area contributed by atoms with E-state index in [2.05, 4.69) is 0 Å². The van der Waals surface area contributed by atoms with Gasteiger partial charge in [-0.15, -0.1) is 0 Å². The summed E-state index contributed by atoms with van der Waals surface area (Å²) in [6.45, 7) is 0.454. The van der Waals surface area contributed by atoms with E-state index in [1.165, 1.54) is 14.1 Å². The van der Waals surface area contributed by atoms with E-state index in [-0.39, 0.29) is 30.4 Å². The molecular formula is C23H26N3O7+. The summed E-state index contributed by atoms with van der Waals surface area (Å²) in [7, 11) is 4.49. The Bertz CT molecular complexity index is 1330. The molecular weight excluding hydrogens is 430 g/mol. The number of benzene rings is 1. The number of aliphatic hydroxyl groups excluding tert-OH is 1. The number of aliphatic hydroxyl groups is 1. The first-order valence-electron chi connectivity index (χ1n) is 11.0. The number of ether oxygens (including phenoxy) is 3. The number of aromatic nitrogens is 2. The lowest BCUT2D eigenvalue weighted by Crippen LogP contribution is -3.16. The zero-order valence-electron chi connectivity index (χ0n) is 18.6. The van der Waals surface area contributed by atoms with E-state index < -0.39 is 28.8 Å². The Labute approximate surface area is 188 Å². The second-order valence-electron chi connectivity index (χ2n) is 9.32. The zero-order chi connectivity index (χ0) is 23.2. The molecule has 1 aliphatic carbocycles. The SMILES string of the molecule is CO[C@H]1C=C[C@@]23c4cc5c(cc4[C@H](c4c(O)n(C)c(=O)n(C)c4=O)[NH+](C[C@H]2O)[C@H]3C1)OCO5. The van der Waals surface area contributed by atoms with E-state index in [4.69, 9.17) is 14.2 Å². The lowest BCUT2D eigenvalue weighted by molar-refractivity contribution is -0.943. The normalized spacial score (nSPS) is 33.2. The number of fused-ring (bicyclic) bond motifs is 2. The number of nitrogens with one attached hydrogen (secondary N) is 1. The second-order valence-corrected chi connectivity index (χ2v) is 9.32. The van der Waals surface area contributed by atoms with E-state index in [1.54, 1.807) is 7.11 Å². The van der Waals surface area contributed by atoms with Crippen molar-refractivity contribution in [2.45, 2.75) is 36.1 Å². The van der Waals surface area contributed by atoms with E-state index in [0.29, 0.717) is 24.5 Å². The highest BCUT2D eigenvalue weighted by molar-refractivity contribution is 5.58. The first kappa shape index (κ1) is 20.5. The Balaban J connectivity index is 1.69. The molecule has 0 saturated carbocycles. The summed E-state index contributed by atoms with van der Waals surface area (Å²) >= 11 is 0. The molecule has 6 rings (SSSR count). The third kappa shape index (κ3) is 2.43. The van der Waals surface area contributed by atoms with Crippen LogP contribution in [0.15, 0.2) is 33.9 Å². The van der Waals surface area contributed by atoms with Gasteiger partial charge >= 0.3 is 5.69 Å². The lowest BCUT2D eigenvalue weighted by atomic mass is 9.63. The van der Waals surface area contributed by atoms with Crippen LogP contribution >= 0.6 is 0 Å². The summed E-state index contributed by atoms with van der Waals surface area (Å²) in [6, 6.07) is 3.02. The molecule has 1 fully saturated rings. The largest absolute Gasteiger partial charge is 0.494 e. The van der Waals surface area contributed by atoms with Crippen molar-refractivity contribution in [3.8, 4) is 17.4 Å². The smallest absolute Gasteiger partial charge is 0.333 e. The van der Waals surface area contributed by atoms with Crippen molar-refractivity contribution in [2.75, 3.05) is 20.4 Å². The predicted octanol–water partition coefficient (Wildman–Crippen LogP) is -1.54. The number of hydrogen-bond donors (Lipinski definition) is 3. The van der Waals surface area contributed by atoms with Crippen LogP contribution in [0.1, 0.15) is 29.2 Å². The molecule has 2 bridgehead atoms. The maximum Gasteiger partial charge on any atom is 0.333 e. The Morgan fingerprint density at radius 1 is 1.18 bits per heavy atom. The standard InChI is InChI=1S/C23H25N3O7/c1-24-20(28)18(21(29)25(2)22(24)30)19-12-7-14-15(33-10-32-14)8-13(12)23-5-4-11(31-3)6-16(23)26(19)9-17(23)27/h4-5,7-8,11,16-17,19,27-28H,6,9-10H2,1-3H3/p+1/t11-,16-,17+,19+,23-/m0/s1. The molecule has 1 aromatic carbocycles. The van der Waals surface area contributed by atoms with Gasteiger partial charge in [0.05, 0.1) is 11.5 Å². The molecule has 10 heteroatoms. The third-order valence-electron chi connectivity index (χ3n) is 8.01. The number of rotatable bonds is 2. The average Bonchev–Trinajstić information content (AvgIpc) is 3.37. The van der Waals surface area contributed by atoms with Gasteiger partial charge in [0.1, 0.15) is 24.3 Å². The summed E-state index contributed by atoms with van der Waals surface area (Å²) in [5.41, 5.74) is -0.0983. The molecule has 4 heterocycles. The van der Waals surface area contributed by atoms with Crippen molar-refractivity contribution in [1.82, 2.24) is 9.13 Å². The summed E-state index contributed by atoms with van der Waals surface area (Å²) in [4.78, 5) is 26.7. The molecule has 3 aliphatic heterocycles. The number of methoxy groups -OCH3 is 1. The highest BCUT2D eigenvalue weighted by atomic mass is 16.7. The monoisotopic (exact) mass is 456 g/mol. The summed E-state index contributed by atoms with van der Waals surface area (Å²) in [5, 5.41) is 22.4. The topological polar surface area (TPSA) is 117 Å². The van der Waals surface area contributed by atoms with Gasteiger partial charge in [0.25, 0.3) is 5.56 Å². The number of quaternary nitrogens is 1. The average molecular weight is 456 g/mol. The maximum absolute atomic E-state index is 13.4. The minimum atomic E-state index is -0.714.